The van der Waals surface area contributed by atoms with Gasteiger partial charge in [0.25, 0.3) is 0 Å². The van der Waals surface area contributed by atoms with E-state index in [0.29, 0.717) is 6.42 Å². The third-order valence-electron chi connectivity index (χ3n) is 4.60. The molecule has 10 N–H and O–H groups in total. The summed E-state index contributed by atoms with van der Waals surface area (Å²) in [6, 6.07) is -3.70. The van der Waals surface area contributed by atoms with E-state index in [0.717, 1.165) is 0 Å². The number of amides is 5. The van der Waals surface area contributed by atoms with Crippen molar-refractivity contribution in [1.29, 1.82) is 0 Å². The van der Waals surface area contributed by atoms with Gasteiger partial charge in [0.1, 0.15) is 18.1 Å². The summed E-state index contributed by atoms with van der Waals surface area (Å²) in [6.07, 6.45) is -0.322. The van der Waals surface area contributed by atoms with Crippen molar-refractivity contribution in [2.75, 3.05) is 6.54 Å². The Hall–Kier alpha value is -3.22. The van der Waals surface area contributed by atoms with Gasteiger partial charge in [-0.25, -0.2) is 4.79 Å². The molecule has 176 valence electrons. The standard InChI is InChI=1S/C18H32N6O7/c1-3-9(2)15(17(29)23-11(18(30)31)5-7-13(21)26)24-16(28)10(4-6-12(20)25)22-14(27)8-19/h9-11,15H,3-8,19H2,1-2H3,(H2,20,25)(H2,21,26)(H,22,27)(H,23,29)(H,24,28)(H,30,31). The molecule has 13 heteroatoms. The van der Waals surface area contributed by atoms with Gasteiger partial charge < -0.3 is 38.3 Å². The molecule has 0 aromatic rings. The zero-order valence-corrected chi connectivity index (χ0v) is 17.7. The van der Waals surface area contributed by atoms with Crippen LogP contribution in [0.3, 0.4) is 0 Å². The monoisotopic (exact) mass is 444 g/mol. The molecule has 0 heterocycles. The van der Waals surface area contributed by atoms with Gasteiger partial charge in [0.2, 0.25) is 29.5 Å². The molecule has 0 aliphatic heterocycles. The van der Waals surface area contributed by atoms with E-state index < -0.39 is 66.1 Å². The van der Waals surface area contributed by atoms with Gasteiger partial charge in [-0.1, -0.05) is 20.3 Å². The number of primary amides is 2. The average molecular weight is 444 g/mol. The van der Waals surface area contributed by atoms with E-state index in [1.54, 1.807) is 13.8 Å². The molecular formula is C18H32N6O7. The Morgan fingerprint density at radius 1 is 0.839 bits per heavy atom. The van der Waals surface area contributed by atoms with Crippen molar-refractivity contribution in [3.05, 3.63) is 0 Å². The van der Waals surface area contributed by atoms with Crippen LogP contribution < -0.4 is 33.2 Å². The van der Waals surface area contributed by atoms with Gasteiger partial charge in [-0.15, -0.1) is 0 Å². The summed E-state index contributed by atoms with van der Waals surface area (Å²) in [6.45, 7) is 3.04. The van der Waals surface area contributed by atoms with E-state index in [9.17, 15) is 33.9 Å². The highest BCUT2D eigenvalue weighted by molar-refractivity contribution is 5.94. The summed E-state index contributed by atoms with van der Waals surface area (Å²) in [4.78, 5) is 70.4. The summed E-state index contributed by atoms with van der Waals surface area (Å²) < 4.78 is 0. The molecule has 0 aromatic heterocycles. The van der Waals surface area contributed by atoms with Crippen molar-refractivity contribution in [3.8, 4) is 0 Å². The predicted octanol–water partition coefficient (Wildman–Crippen LogP) is -2.94. The molecule has 31 heavy (non-hydrogen) atoms. The minimum Gasteiger partial charge on any atom is -0.480 e. The zero-order chi connectivity index (χ0) is 24.1. The number of aliphatic carboxylic acids is 1. The molecular weight excluding hydrogens is 412 g/mol. The number of hydrogen-bond acceptors (Lipinski definition) is 7. The molecule has 4 unspecified atom stereocenters. The van der Waals surface area contributed by atoms with Crippen LogP contribution in [0.2, 0.25) is 0 Å². The van der Waals surface area contributed by atoms with Crippen LogP contribution in [-0.2, 0) is 28.8 Å². The lowest BCUT2D eigenvalue weighted by atomic mass is 9.96. The van der Waals surface area contributed by atoms with E-state index in [-0.39, 0.29) is 25.7 Å². The van der Waals surface area contributed by atoms with Crippen LogP contribution in [0.25, 0.3) is 0 Å². The van der Waals surface area contributed by atoms with Crippen LogP contribution in [0.15, 0.2) is 0 Å². The van der Waals surface area contributed by atoms with Gasteiger partial charge in [-0.3, -0.25) is 24.0 Å². The van der Waals surface area contributed by atoms with Crippen LogP contribution in [-0.4, -0.2) is 65.3 Å². The maximum Gasteiger partial charge on any atom is 0.326 e. The first-order chi connectivity index (χ1) is 14.4. The van der Waals surface area contributed by atoms with Crippen molar-refractivity contribution in [1.82, 2.24) is 16.0 Å². The number of carbonyl (C=O) groups excluding carboxylic acids is 5. The topological polar surface area (TPSA) is 237 Å². The molecule has 4 atom stereocenters. The molecule has 0 bridgehead atoms. The van der Waals surface area contributed by atoms with Gasteiger partial charge in [-0.2, -0.15) is 0 Å². The maximum absolute atomic E-state index is 12.7. The van der Waals surface area contributed by atoms with E-state index in [1.807, 2.05) is 0 Å². The lowest BCUT2D eigenvalue weighted by molar-refractivity contribution is -0.143. The van der Waals surface area contributed by atoms with E-state index in [2.05, 4.69) is 16.0 Å². The molecule has 0 radical (unpaired) electrons. The molecule has 0 rings (SSSR count). The smallest absolute Gasteiger partial charge is 0.326 e. The fourth-order valence-electron chi connectivity index (χ4n) is 2.57. The van der Waals surface area contributed by atoms with E-state index in [4.69, 9.17) is 17.2 Å². The summed E-state index contributed by atoms with van der Waals surface area (Å²) in [5.74, 6) is -5.36. The lowest BCUT2D eigenvalue weighted by Gasteiger charge is -2.27. The predicted molar refractivity (Wildman–Crippen MR) is 109 cm³/mol. The van der Waals surface area contributed by atoms with Crippen LogP contribution in [0.5, 0.6) is 0 Å². The van der Waals surface area contributed by atoms with Gasteiger partial charge in [-0.05, 0) is 18.8 Å². The molecule has 0 spiro atoms. The first kappa shape index (κ1) is 27.8. The molecule has 0 fully saturated rings. The number of carbonyl (C=O) groups is 6. The zero-order valence-electron chi connectivity index (χ0n) is 17.7. The largest absolute Gasteiger partial charge is 0.480 e. The second-order valence-corrected chi connectivity index (χ2v) is 7.11. The number of carboxylic acid groups (broad SMARTS) is 1. The van der Waals surface area contributed by atoms with Crippen molar-refractivity contribution in [2.45, 2.75) is 64.1 Å². The molecule has 5 amide bonds. The second kappa shape index (κ2) is 13.9. The SMILES string of the molecule is CCC(C)C(NC(=O)C(CCC(N)=O)NC(=O)CN)C(=O)NC(CCC(N)=O)C(=O)O. The van der Waals surface area contributed by atoms with Crippen LogP contribution in [0, 0.1) is 5.92 Å². The van der Waals surface area contributed by atoms with Crippen LogP contribution in [0.4, 0.5) is 0 Å². The van der Waals surface area contributed by atoms with Crippen molar-refractivity contribution in [2.24, 2.45) is 23.1 Å². The Morgan fingerprint density at radius 3 is 1.77 bits per heavy atom. The molecule has 0 aliphatic carbocycles. The van der Waals surface area contributed by atoms with Crippen molar-refractivity contribution >= 4 is 35.5 Å². The van der Waals surface area contributed by atoms with Crippen molar-refractivity contribution in [3.63, 3.8) is 0 Å². The number of nitrogens with one attached hydrogen (secondary N) is 3. The fourth-order valence-corrected chi connectivity index (χ4v) is 2.57. The third-order valence-corrected chi connectivity index (χ3v) is 4.60. The Kier molecular flexibility index (Phi) is 12.5. The fraction of sp³-hybridized carbons (Fsp3) is 0.667. The Balaban J connectivity index is 5.45. The van der Waals surface area contributed by atoms with Crippen LogP contribution >= 0.6 is 0 Å². The molecule has 0 aromatic carbocycles. The summed E-state index contributed by atoms with van der Waals surface area (Å²) in [5.41, 5.74) is 15.4. The highest BCUT2D eigenvalue weighted by Crippen LogP contribution is 2.10. The molecule has 13 nitrogen and oxygen atoms in total. The average Bonchev–Trinajstić information content (AvgIpc) is 2.70. The number of rotatable bonds is 15. The normalized spacial score (nSPS) is 14.4. The Bertz CT molecular complexity index is 684. The number of nitrogens with two attached hydrogens (primary N) is 3. The van der Waals surface area contributed by atoms with Gasteiger partial charge in [0.05, 0.1) is 6.54 Å². The summed E-state index contributed by atoms with van der Waals surface area (Å²) >= 11 is 0. The van der Waals surface area contributed by atoms with Gasteiger partial charge in [0, 0.05) is 12.8 Å². The maximum atomic E-state index is 12.7. The summed E-state index contributed by atoms with van der Waals surface area (Å²) in [5, 5.41) is 16.4. The molecule has 0 saturated carbocycles. The Labute approximate surface area is 179 Å². The first-order valence-corrected chi connectivity index (χ1v) is 9.82. The summed E-state index contributed by atoms with van der Waals surface area (Å²) in [7, 11) is 0. The first-order valence-electron chi connectivity index (χ1n) is 9.82. The third kappa shape index (κ3) is 10.9. The Morgan fingerprint density at radius 2 is 1.35 bits per heavy atom. The molecule has 0 aliphatic rings. The minimum atomic E-state index is -1.38. The second-order valence-electron chi connectivity index (χ2n) is 7.11. The number of hydrogen-bond donors (Lipinski definition) is 7. The minimum absolute atomic E-state index is 0.113. The number of carboxylic acids is 1. The van der Waals surface area contributed by atoms with Crippen LogP contribution in [0.1, 0.15) is 46.0 Å². The quantitative estimate of drug-likeness (QED) is 0.137. The van der Waals surface area contributed by atoms with Gasteiger partial charge >= 0.3 is 5.97 Å². The highest BCUT2D eigenvalue weighted by Gasteiger charge is 2.32. The van der Waals surface area contributed by atoms with E-state index in [1.165, 1.54) is 0 Å². The van der Waals surface area contributed by atoms with Gasteiger partial charge in [0.15, 0.2) is 0 Å². The van der Waals surface area contributed by atoms with Crippen molar-refractivity contribution < 1.29 is 33.9 Å². The molecule has 0 saturated heterocycles. The lowest BCUT2D eigenvalue weighted by Crippen LogP contribution is -2.58. The highest BCUT2D eigenvalue weighted by atomic mass is 16.4. The van der Waals surface area contributed by atoms with E-state index >= 15 is 0 Å².